The smallest absolute Gasteiger partial charge is 0.251 e. The summed E-state index contributed by atoms with van der Waals surface area (Å²) in [6.45, 7) is 0. The standard InChI is InChI=1S/C14H19BrN2OS/c1-19-11-4-2-3-10(8-11)17-14(18)9-5-6-12(15)13(16)7-9/h5-7,10-11H,2-4,8,16H2,1H3,(H,17,18). The Morgan fingerprint density at radius 3 is 2.95 bits per heavy atom. The molecule has 1 amide bonds. The van der Waals surface area contributed by atoms with Crippen LogP contribution in [0.15, 0.2) is 22.7 Å². The van der Waals surface area contributed by atoms with Gasteiger partial charge in [0.2, 0.25) is 0 Å². The Kier molecular flexibility index (Phi) is 5.16. The van der Waals surface area contributed by atoms with E-state index < -0.39 is 0 Å². The number of carbonyl (C=O) groups is 1. The van der Waals surface area contributed by atoms with Gasteiger partial charge in [-0.05, 0) is 59.6 Å². The van der Waals surface area contributed by atoms with Crippen LogP contribution in [0.25, 0.3) is 0 Å². The fourth-order valence-corrected chi connectivity index (χ4v) is 3.52. The minimum atomic E-state index is -0.0223. The van der Waals surface area contributed by atoms with Crippen LogP contribution in [0.5, 0.6) is 0 Å². The van der Waals surface area contributed by atoms with Crippen LogP contribution in [0.4, 0.5) is 5.69 Å². The zero-order valence-electron chi connectivity index (χ0n) is 11.0. The fraction of sp³-hybridized carbons (Fsp3) is 0.500. The molecule has 0 aromatic heterocycles. The summed E-state index contributed by atoms with van der Waals surface area (Å²) in [5.74, 6) is -0.0223. The molecule has 0 radical (unpaired) electrons. The molecule has 2 atom stereocenters. The number of benzene rings is 1. The highest BCUT2D eigenvalue weighted by atomic mass is 79.9. The molecule has 0 heterocycles. The Labute approximate surface area is 126 Å². The lowest BCUT2D eigenvalue weighted by atomic mass is 9.94. The number of anilines is 1. The molecule has 104 valence electrons. The van der Waals surface area contributed by atoms with Gasteiger partial charge >= 0.3 is 0 Å². The zero-order valence-corrected chi connectivity index (χ0v) is 13.4. The molecule has 1 aromatic rings. The molecule has 5 heteroatoms. The van der Waals surface area contributed by atoms with Gasteiger partial charge in [0.15, 0.2) is 0 Å². The van der Waals surface area contributed by atoms with E-state index in [-0.39, 0.29) is 5.91 Å². The van der Waals surface area contributed by atoms with Crippen LogP contribution in [0.3, 0.4) is 0 Å². The number of hydrogen-bond acceptors (Lipinski definition) is 3. The number of carbonyl (C=O) groups excluding carboxylic acids is 1. The van der Waals surface area contributed by atoms with Crippen LogP contribution in [-0.2, 0) is 0 Å². The van der Waals surface area contributed by atoms with Crippen LogP contribution in [-0.4, -0.2) is 23.5 Å². The summed E-state index contributed by atoms with van der Waals surface area (Å²) in [5, 5.41) is 3.80. The molecule has 0 aliphatic heterocycles. The summed E-state index contributed by atoms with van der Waals surface area (Å²) in [7, 11) is 0. The number of rotatable bonds is 3. The summed E-state index contributed by atoms with van der Waals surface area (Å²) >= 11 is 5.23. The lowest BCUT2D eigenvalue weighted by molar-refractivity contribution is 0.0928. The Hall–Kier alpha value is -0.680. The van der Waals surface area contributed by atoms with Crippen molar-refractivity contribution < 1.29 is 4.79 Å². The maximum Gasteiger partial charge on any atom is 0.251 e. The van der Waals surface area contributed by atoms with Gasteiger partial charge in [-0.1, -0.05) is 6.42 Å². The van der Waals surface area contributed by atoms with E-state index in [0.717, 1.165) is 17.3 Å². The molecule has 3 nitrogen and oxygen atoms in total. The lowest BCUT2D eigenvalue weighted by Gasteiger charge is -2.28. The van der Waals surface area contributed by atoms with Gasteiger partial charge in [0.05, 0.1) is 0 Å². The highest BCUT2D eigenvalue weighted by Gasteiger charge is 2.23. The molecule has 2 unspecified atom stereocenters. The number of halogens is 1. The predicted molar refractivity (Wildman–Crippen MR) is 85.6 cm³/mol. The Morgan fingerprint density at radius 2 is 2.26 bits per heavy atom. The molecule has 0 bridgehead atoms. The molecular weight excluding hydrogens is 324 g/mol. The first-order chi connectivity index (χ1) is 9.10. The van der Waals surface area contributed by atoms with Crippen molar-refractivity contribution in [3.8, 4) is 0 Å². The second-order valence-corrected chi connectivity index (χ2v) is 6.92. The average Bonchev–Trinajstić information content (AvgIpc) is 2.42. The monoisotopic (exact) mass is 342 g/mol. The van der Waals surface area contributed by atoms with E-state index in [1.165, 1.54) is 12.8 Å². The van der Waals surface area contributed by atoms with Crippen molar-refractivity contribution in [1.29, 1.82) is 0 Å². The number of hydrogen-bond donors (Lipinski definition) is 2. The minimum Gasteiger partial charge on any atom is -0.398 e. The van der Waals surface area contributed by atoms with Gasteiger partial charge in [-0.25, -0.2) is 0 Å². The highest BCUT2D eigenvalue weighted by Crippen LogP contribution is 2.27. The van der Waals surface area contributed by atoms with Gasteiger partial charge in [0, 0.05) is 27.0 Å². The second kappa shape index (κ2) is 6.66. The van der Waals surface area contributed by atoms with E-state index in [9.17, 15) is 4.79 Å². The molecule has 0 saturated heterocycles. The minimum absolute atomic E-state index is 0.0223. The van der Waals surface area contributed by atoms with Gasteiger partial charge < -0.3 is 11.1 Å². The van der Waals surface area contributed by atoms with Gasteiger partial charge in [-0.2, -0.15) is 11.8 Å². The van der Waals surface area contributed by atoms with Crippen LogP contribution in [0.1, 0.15) is 36.0 Å². The zero-order chi connectivity index (χ0) is 13.8. The molecule has 3 N–H and O–H groups in total. The Morgan fingerprint density at radius 1 is 1.47 bits per heavy atom. The summed E-state index contributed by atoms with van der Waals surface area (Å²) in [6, 6.07) is 5.62. The largest absolute Gasteiger partial charge is 0.398 e. The van der Waals surface area contributed by atoms with Crippen molar-refractivity contribution >= 4 is 39.3 Å². The molecule has 19 heavy (non-hydrogen) atoms. The molecule has 0 spiro atoms. The molecule has 1 fully saturated rings. The van der Waals surface area contributed by atoms with E-state index in [0.29, 0.717) is 22.5 Å². The predicted octanol–water partition coefficient (Wildman–Crippen LogP) is 3.44. The summed E-state index contributed by atoms with van der Waals surface area (Å²) in [6.07, 6.45) is 6.75. The van der Waals surface area contributed by atoms with Gasteiger partial charge in [0.1, 0.15) is 0 Å². The van der Waals surface area contributed by atoms with Crippen LogP contribution < -0.4 is 11.1 Å². The third-order valence-corrected chi connectivity index (χ3v) is 5.37. The first kappa shape index (κ1) is 14.7. The topological polar surface area (TPSA) is 55.1 Å². The maximum atomic E-state index is 12.2. The van der Waals surface area contributed by atoms with E-state index in [1.54, 1.807) is 12.1 Å². The summed E-state index contributed by atoms with van der Waals surface area (Å²) in [4.78, 5) is 12.2. The molecule has 1 aromatic carbocycles. The van der Waals surface area contributed by atoms with Crippen molar-refractivity contribution in [1.82, 2.24) is 5.32 Å². The number of thioether (sulfide) groups is 1. The van der Waals surface area contributed by atoms with Crippen molar-refractivity contribution in [3.63, 3.8) is 0 Å². The first-order valence-electron chi connectivity index (χ1n) is 6.49. The van der Waals surface area contributed by atoms with Crippen molar-refractivity contribution in [3.05, 3.63) is 28.2 Å². The van der Waals surface area contributed by atoms with Gasteiger partial charge in [-0.3, -0.25) is 4.79 Å². The number of nitrogens with two attached hydrogens (primary N) is 1. The van der Waals surface area contributed by atoms with E-state index in [2.05, 4.69) is 27.5 Å². The molecule has 1 aliphatic carbocycles. The summed E-state index contributed by atoms with van der Waals surface area (Å²) < 4.78 is 0.823. The molecule has 1 saturated carbocycles. The van der Waals surface area contributed by atoms with E-state index in [1.807, 2.05) is 17.8 Å². The Bertz CT molecular complexity index is 467. The molecule has 2 rings (SSSR count). The van der Waals surface area contributed by atoms with Gasteiger partial charge in [-0.15, -0.1) is 0 Å². The quantitative estimate of drug-likeness (QED) is 0.827. The SMILES string of the molecule is CSC1CCCC(NC(=O)c2ccc(Br)c(N)c2)C1. The number of nitrogens with one attached hydrogen (secondary N) is 1. The maximum absolute atomic E-state index is 12.2. The van der Waals surface area contributed by atoms with Crippen molar-refractivity contribution in [2.75, 3.05) is 12.0 Å². The number of amides is 1. The third-order valence-electron chi connectivity index (χ3n) is 3.55. The highest BCUT2D eigenvalue weighted by molar-refractivity contribution is 9.10. The average molecular weight is 343 g/mol. The molecular formula is C14H19BrN2OS. The van der Waals surface area contributed by atoms with Crippen molar-refractivity contribution in [2.24, 2.45) is 0 Å². The Balaban J connectivity index is 1.98. The van der Waals surface area contributed by atoms with E-state index >= 15 is 0 Å². The third kappa shape index (κ3) is 3.89. The lowest BCUT2D eigenvalue weighted by Crippen LogP contribution is -2.39. The van der Waals surface area contributed by atoms with Crippen LogP contribution in [0, 0.1) is 0 Å². The van der Waals surface area contributed by atoms with Gasteiger partial charge in [0.25, 0.3) is 5.91 Å². The normalized spacial score (nSPS) is 23.1. The fourth-order valence-electron chi connectivity index (χ4n) is 2.44. The van der Waals surface area contributed by atoms with E-state index in [4.69, 9.17) is 5.73 Å². The van der Waals surface area contributed by atoms with Crippen molar-refractivity contribution in [2.45, 2.75) is 37.0 Å². The molecule has 1 aliphatic rings. The first-order valence-corrected chi connectivity index (χ1v) is 8.57. The second-order valence-electron chi connectivity index (χ2n) is 4.93. The number of nitrogen functional groups attached to an aromatic ring is 1. The van der Waals surface area contributed by atoms with Crippen LogP contribution >= 0.6 is 27.7 Å². The van der Waals surface area contributed by atoms with Crippen LogP contribution in [0.2, 0.25) is 0 Å². The summed E-state index contributed by atoms with van der Waals surface area (Å²) in [5.41, 5.74) is 7.03.